The third kappa shape index (κ3) is 5.65. The molecule has 8 heteroatoms. The van der Waals surface area contributed by atoms with Crippen molar-refractivity contribution in [3.05, 3.63) is 53.0 Å². The highest BCUT2D eigenvalue weighted by Gasteiger charge is 2.24. The largest absolute Gasteiger partial charge is 0.324 e. The Morgan fingerprint density at radius 3 is 2.21 bits per heavy atom. The second-order valence-electron chi connectivity index (χ2n) is 6.91. The first kappa shape index (κ1) is 21.0. The molecule has 1 saturated heterocycles. The Hall–Kier alpha value is -2.71. The van der Waals surface area contributed by atoms with Crippen molar-refractivity contribution in [2.45, 2.75) is 12.8 Å². The number of hydrogen-bond donors (Lipinski definition) is 2. The zero-order valence-electron chi connectivity index (χ0n) is 16.2. The van der Waals surface area contributed by atoms with E-state index in [0.717, 1.165) is 10.9 Å². The lowest BCUT2D eigenvalue weighted by Gasteiger charge is -2.21. The van der Waals surface area contributed by atoms with Gasteiger partial charge in [0.05, 0.1) is 30.2 Å². The van der Waals surface area contributed by atoms with Gasteiger partial charge >= 0.3 is 0 Å². The first-order chi connectivity index (χ1) is 13.9. The number of nitrogens with zero attached hydrogens (tertiary/aromatic N) is 2. The van der Waals surface area contributed by atoms with Crippen LogP contribution in [0.15, 0.2) is 53.0 Å². The lowest BCUT2D eigenvalue weighted by atomic mass is 10.2. The Morgan fingerprint density at radius 1 is 1.00 bits per heavy atom. The van der Waals surface area contributed by atoms with Gasteiger partial charge in [-0.25, -0.2) is 0 Å². The predicted molar refractivity (Wildman–Crippen MR) is 117 cm³/mol. The van der Waals surface area contributed by atoms with Crippen molar-refractivity contribution in [1.29, 1.82) is 0 Å². The zero-order chi connectivity index (χ0) is 20.8. The molecule has 2 aromatic rings. The molecule has 1 fully saturated rings. The highest BCUT2D eigenvalue weighted by Crippen LogP contribution is 2.29. The van der Waals surface area contributed by atoms with E-state index >= 15 is 0 Å². The fraction of sp³-hybridized carbons (Fsp3) is 0.286. The summed E-state index contributed by atoms with van der Waals surface area (Å²) in [6, 6.07) is 14.6. The van der Waals surface area contributed by atoms with Crippen molar-refractivity contribution in [2.75, 3.05) is 42.2 Å². The quantitative estimate of drug-likeness (QED) is 0.667. The Morgan fingerprint density at radius 2 is 1.59 bits per heavy atom. The Bertz CT molecular complexity index is 918. The monoisotopic (exact) mass is 458 g/mol. The van der Waals surface area contributed by atoms with Gasteiger partial charge in [-0.1, -0.05) is 24.3 Å². The summed E-state index contributed by atoms with van der Waals surface area (Å²) in [5.74, 6) is -0.400. The molecule has 3 rings (SSSR count). The van der Waals surface area contributed by atoms with Crippen molar-refractivity contribution < 1.29 is 14.4 Å². The van der Waals surface area contributed by atoms with Crippen molar-refractivity contribution >= 4 is 50.7 Å². The van der Waals surface area contributed by atoms with E-state index in [2.05, 4.69) is 26.6 Å². The third-order valence-corrected chi connectivity index (χ3v) is 5.21. The minimum Gasteiger partial charge on any atom is -0.324 e. The summed E-state index contributed by atoms with van der Waals surface area (Å²) in [6.07, 6.45) is 1.34. The third-order valence-electron chi connectivity index (χ3n) is 4.52. The maximum absolute atomic E-state index is 12.5. The molecule has 0 bridgehead atoms. The molecule has 0 unspecified atom stereocenters. The van der Waals surface area contributed by atoms with E-state index in [-0.39, 0.29) is 30.8 Å². The topological polar surface area (TPSA) is 81.8 Å². The number of anilines is 3. The summed E-state index contributed by atoms with van der Waals surface area (Å²) in [4.78, 5) is 40.1. The van der Waals surface area contributed by atoms with E-state index in [1.54, 1.807) is 29.0 Å². The van der Waals surface area contributed by atoms with Gasteiger partial charge in [-0.05, 0) is 53.7 Å². The number of hydrogen-bond acceptors (Lipinski definition) is 4. The lowest BCUT2D eigenvalue weighted by Crippen LogP contribution is -2.36. The summed E-state index contributed by atoms with van der Waals surface area (Å²) < 4.78 is 0.793. The zero-order valence-corrected chi connectivity index (χ0v) is 17.7. The SMILES string of the molecule is CN(CC(=O)Nc1ccccc1Br)CC(=O)Nc1ccccc1N1CCCC1=O. The molecule has 0 radical (unpaired) electrons. The van der Waals surface area contributed by atoms with E-state index in [0.29, 0.717) is 30.0 Å². The van der Waals surface area contributed by atoms with Crippen LogP contribution in [-0.2, 0) is 14.4 Å². The summed E-state index contributed by atoms with van der Waals surface area (Å²) in [5, 5.41) is 5.67. The number of para-hydroxylation sites is 3. The fourth-order valence-corrected chi connectivity index (χ4v) is 3.59. The number of benzene rings is 2. The van der Waals surface area contributed by atoms with Crippen LogP contribution in [0.2, 0.25) is 0 Å². The van der Waals surface area contributed by atoms with Crippen LogP contribution in [0.5, 0.6) is 0 Å². The van der Waals surface area contributed by atoms with E-state index in [9.17, 15) is 14.4 Å². The predicted octanol–water partition coefficient (Wildman–Crippen LogP) is 3.08. The Balaban J connectivity index is 1.55. The molecule has 0 spiro atoms. The molecule has 1 aliphatic rings. The fourth-order valence-electron chi connectivity index (χ4n) is 3.21. The van der Waals surface area contributed by atoms with Gasteiger partial charge in [-0.15, -0.1) is 0 Å². The van der Waals surface area contributed by atoms with Crippen molar-refractivity contribution in [3.63, 3.8) is 0 Å². The maximum Gasteiger partial charge on any atom is 0.238 e. The first-order valence-electron chi connectivity index (χ1n) is 9.36. The highest BCUT2D eigenvalue weighted by molar-refractivity contribution is 9.10. The molecule has 2 aromatic carbocycles. The molecule has 0 atom stereocenters. The number of halogens is 1. The molecule has 7 nitrogen and oxygen atoms in total. The van der Waals surface area contributed by atoms with Crippen LogP contribution in [0.25, 0.3) is 0 Å². The molecule has 0 aromatic heterocycles. The smallest absolute Gasteiger partial charge is 0.238 e. The van der Waals surface area contributed by atoms with Gasteiger partial charge in [-0.3, -0.25) is 19.3 Å². The van der Waals surface area contributed by atoms with Gasteiger partial charge in [0.25, 0.3) is 0 Å². The first-order valence-corrected chi connectivity index (χ1v) is 10.2. The van der Waals surface area contributed by atoms with Crippen molar-refractivity contribution in [1.82, 2.24) is 4.90 Å². The minimum atomic E-state index is -0.250. The van der Waals surface area contributed by atoms with Crippen LogP contribution in [0, 0.1) is 0 Å². The minimum absolute atomic E-state index is 0.0473. The molecule has 1 aliphatic heterocycles. The molecule has 2 N–H and O–H groups in total. The van der Waals surface area contributed by atoms with Crippen LogP contribution in [-0.4, -0.2) is 49.3 Å². The van der Waals surface area contributed by atoms with Crippen LogP contribution < -0.4 is 15.5 Å². The number of carbonyl (C=O) groups excluding carboxylic acids is 3. The van der Waals surface area contributed by atoms with Gasteiger partial charge in [-0.2, -0.15) is 0 Å². The van der Waals surface area contributed by atoms with Gasteiger partial charge < -0.3 is 15.5 Å². The number of likely N-dealkylation sites (N-methyl/N-ethyl adjacent to an activating group) is 1. The number of amides is 3. The van der Waals surface area contributed by atoms with E-state index < -0.39 is 0 Å². The second-order valence-corrected chi connectivity index (χ2v) is 7.77. The highest BCUT2D eigenvalue weighted by atomic mass is 79.9. The summed E-state index contributed by atoms with van der Waals surface area (Å²) in [6.45, 7) is 0.771. The van der Waals surface area contributed by atoms with Crippen LogP contribution in [0.3, 0.4) is 0 Å². The average Bonchev–Trinajstić information content (AvgIpc) is 3.09. The lowest BCUT2D eigenvalue weighted by molar-refractivity contribution is -0.120. The van der Waals surface area contributed by atoms with Gasteiger partial charge in [0, 0.05) is 17.4 Å². The summed E-state index contributed by atoms with van der Waals surface area (Å²) in [7, 11) is 1.70. The summed E-state index contributed by atoms with van der Waals surface area (Å²) in [5.41, 5.74) is 1.98. The molecule has 3 amide bonds. The Labute approximate surface area is 178 Å². The van der Waals surface area contributed by atoms with E-state index in [4.69, 9.17) is 0 Å². The van der Waals surface area contributed by atoms with Crippen molar-refractivity contribution in [2.24, 2.45) is 0 Å². The number of rotatable bonds is 7. The average molecular weight is 459 g/mol. The van der Waals surface area contributed by atoms with E-state index in [1.165, 1.54) is 0 Å². The van der Waals surface area contributed by atoms with Crippen LogP contribution in [0.4, 0.5) is 17.1 Å². The molecule has 1 heterocycles. The molecule has 29 heavy (non-hydrogen) atoms. The molecule has 152 valence electrons. The molecular formula is C21H23BrN4O3. The van der Waals surface area contributed by atoms with Gasteiger partial charge in [0.2, 0.25) is 17.7 Å². The maximum atomic E-state index is 12.5. The van der Waals surface area contributed by atoms with Crippen molar-refractivity contribution in [3.8, 4) is 0 Å². The van der Waals surface area contributed by atoms with Gasteiger partial charge in [0.15, 0.2) is 0 Å². The van der Waals surface area contributed by atoms with Gasteiger partial charge in [0.1, 0.15) is 0 Å². The molecular weight excluding hydrogens is 436 g/mol. The number of carbonyl (C=O) groups is 3. The molecule has 0 saturated carbocycles. The Kier molecular flexibility index (Phi) is 7.00. The van der Waals surface area contributed by atoms with Crippen LogP contribution in [0.1, 0.15) is 12.8 Å². The van der Waals surface area contributed by atoms with E-state index in [1.807, 2.05) is 36.4 Å². The second kappa shape index (κ2) is 9.67. The molecule has 0 aliphatic carbocycles. The normalized spacial score (nSPS) is 13.6. The van der Waals surface area contributed by atoms with Crippen LogP contribution >= 0.6 is 15.9 Å². The standard InChI is InChI=1S/C21H23BrN4O3/c1-25(13-19(27)23-16-8-3-2-7-15(16)22)14-20(28)24-17-9-4-5-10-18(17)26-12-6-11-21(26)29/h2-5,7-10H,6,11-14H2,1H3,(H,23,27)(H,24,28). The summed E-state index contributed by atoms with van der Waals surface area (Å²) >= 11 is 3.39. The number of nitrogens with one attached hydrogen (secondary N) is 2.